The Morgan fingerprint density at radius 3 is 0.951 bits per heavy atom. The van der Waals surface area contributed by atoms with Gasteiger partial charge in [0.1, 0.15) is 0 Å². The third-order valence-electron chi connectivity index (χ3n) is 8.43. The molecule has 0 saturated carbocycles. The first-order valence-electron chi connectivity index (χ1n) is 17.4. The summed E-state index contributed by atoms with van der Waals surface area (Å²) >= 11 is 0. The van der Waals surface area contributed by atoms with Crippen molar-refractivity contribution in [1.82, 2.24) is 0 Å². The zero-order valence-corrected chi connectivity index (χ0v) is 30.4. The van der Waals surface area contributed by atoms with Gasteiger partial charge in [-0.25, -0.2) is 0 Å². The second kappa shape index (κ2) is 25.5. The summed E-state index contributed by atoms with van der Waals surface area (Å²) in [5, 5.41) is 0. The van der Waals surface area contributed by atoms with Crippen molar-refractivity contribution in [1.29, 1.82) is 0 Å². The molecule has 0 aliphatic rings. The maximum absolute atomic E-state index is 11.2. The minimum Gasteiger partial charge on any atom is -0.368 e. The van der Waals surface area contributed by atoms with Gasteiger partial charge in [-0.15, -0.1) is 0 Å². The fraction of sp³-hybridized carbons (Fsp3) is 1.00. The fourth-order valence-electron chi connectivity index (χ4n) is 4.88. The average molecular weight is 623 g/mol. The van der Waals surface area contributed by atoms with Crippen LogP contribution in [-0.4, -0.2) is 54.1 Å². The minimum atomic E-state index is -4.59. The van der Waals surface area contributed by atoms with E-state index in [1.165, 1.54) is 0 Å². The number of unbranched alkanes of at least 4 members (excludes halogenated alkanes) is 4. The summed E-state index contributed by atoms with van der Waals surface area (Å²) in [4.78, 5) is 22.3. The van der Waals surface area contributed by atoms with Crippen LogP contribution in [0.1, 0.15) is 158 Å². The van der Waals surface area contributed by atoms with E-state index in [9.17, 15) is 9.59 Å². The summed E-state index contributed by atoms with van der Waals surface area (Å²) in [6, 6.07) is 0. The quantitative estimate of drug-likeness (QED) is 0.0774. The van der Waals surface area contributed by atoms with Crippen molar-refractivity contribution in [2.45, 2.75) is 158 Å². The first kappa shape index (κ1) is 41.2. The molecular formula is C32H70O7Si2. The predicted octanol–water partition coefficient (Wildman–Crippen LogP) is 8.79. The molecule has 0 spiro atoms. The largest absolute Gasteiger partial charge is 0.673 e. The Morgan fingerprint density at radius 1 is 0.439 bits per heavy atom. The molecule has 248 valence electrons. The summed E-state index contributed by atoms with van der Waals surface area (Å²) < 4.78 is 31.4. The fourth-order valence-corrected chi connectivity index (χ4v) is 9.15. The highest BCUT2D eigenvalue weighted by Crippen LogP contribution is 2.26. The Balaban J connectivity index is 6.08. The van der Waals surface area contributed by atoms with E-state index in [0.29, 0.717) is 37.6 Å². The zero-order valence-electron chi connectivity index (χ0n) is 28.4. The molecule has 0 aromatic heterocycles. The van der Waals surface area contributed by atoms with E-state index < -0.39 is 18.1 Å². The molecule has 0 saturated heterocycles. The van der Waals surface area contributed by atoms with Gasteiger partial charge >= 0.3 is 18.1 Å². The van der Waals surface area contributed by atoms with Gasteiger partial charge in [-0.3, -0.25) is 0 Å². The summed E-state index contributed by atoms with van der Waals surface area (Å²) in [6.45, 7) is 18.9. The molecule has 4 unspecified atom stereocenters. The molecule has 0 heterocycles. The molecule has 0 aliphatic heterocycles. The van der Waals surface area contributed by atoms with E-state index in [-0.39, 0.29) is 12.5 Å². The van der Waals surface area contributed by atoms with Gasteiger partial charge in [-0.05, 0) is 49.4 Å². The van der Waals surface area contributed by atoms with Crippen LogP contribution in [0.25, 0.3) is 0 Å². The van der Waals surface area contributed by atoms with E-state index in [1.807, 2.05) is 0 Å². The van der Waals surface area contributed by atoms with Crippen LogP contribution in [0.2, 0.25) is 0 Å². The summed E-state index contributed by atoms with van der Waals surface area (Å²) in [5.74, 6) is 1.23. The molecule has 4 atom stereocenters. The highest BCUT2D eigenvalue weighted by atomic mass is 28.5. The van der Waals surface area contributed by atoms with Gasteiger partial charge in [0.15, 0.2) is 0 Å². The van der Waals surface area contributed by atoms with Gasteiger partial charge in [-0.1, -0.05) is 132 Å². The van der Waals surface area contributed by atoms with Crippen molar-refractivity contribution in [2.75, 3.05) is 26.4 Å². The highest BCUT2D eigenvalue weighted by molar-refractivity contribution is 6.67. The van der Waals surface area contributed by atoms with E-state index in [0.717, 1.165) is 103 Å². The Labute approximate surface area is 257 Å². The van der Waals surface area contributed by atoms with Crippen LogP contribution in [0.15, 0.2) is 0 Å². The van der Waals surface area contributed by atoms with E-state index >= 15 is 0 Å². The third-order valence-corrected chi connectivity index (χ3v) is 12.6. The molecule has 41 heavy (non-hydrogen) atoms. The van der Waals surface area contributed by atoms with Crippen molar-refractivity contribution >= 4 is 18.1 Å². The lowest BCUT2D eigenvalue weighted by Crippen LogP contribution is -2.61. The monoisotopic (exact) mass is 622 g/mol. The second-order valence-electron chi connectivity index (χ2n) is 12.1. The standard InChI is InChI=1S/C32H70O7Si2/c1-9-17-21-29(13-5)25-35-40(33,34)39-41(36-26-30(14-6)22-18-10-2,37-27-31(15-7)23-19-11-3)38-28-32(16-8)24-20-12-4/h29-34H,9-28H2,1-8H3. The van der Waals surface area contributed by atoms with Crippen molar-refractivity contribution in [3.05, 3.63) is 0 Å². The number of hydrogen-bond donors (Lipinski definition) is 2. The molecule has 2 N–H and O–H groups in total. The van der Waals surface area contributed by atoms with Crippen LogP contribution in [0.3, 0.4) is 0 Å². The zero-order chi connectivity index (χ0) is 31.0. The molecule has 0 aromatic carbocycles. The Bertz CT molecular complexity index is 532. The van der Waals surface area contributed by atoms with Crippen LogP contribution in [0.5, 0.6) is 0 Å². The number of rotatable bonds is 30. The van der Waals surface area contributed by atoms with E-state index in [1.54, 1.807) is 0 Å². The second-order valence-corrected chi connectivity index (χ2v) is 16.1. The topological polar surface area (TPSA) is 86.6 Å². The van der Waals surface area contributed by atoms with Crippen molar-refractivity contribution < 1.29 is 31.4 Å². The third kappa shape index (κ3) is 19.9. The van der Waals surface area contributed by atoms with E-state index in [4.69, 9.17) is 21.8 Å². The van der Waals surface area contributed by atoms with E-state index in [2.05, 4.69) is 55.4 Å². The summed E-state index contributed by atoms with van der Waals surface area (Å²) in [7, 11) is -8.55. The maximum atomic E-state index is 11.2. The lowest BCUT2D eigenvalue weighted by Gasteiger charge is -2.35. The van der Waals surface area contributed by atoms with Crippen molar-refractivity contribution in [2.24, 2.45) is 23.7 Å². The van der Waals surface area contributed by atoms with Crippen molar-refractivity contribution in [3.8, 4) is 0 Å². The average Bonchev–Trinajstić information content (AvgIpc) is 2.97. The van der Waals surface area contributed by atoms with Gasteiger partial charge in [0.2, 0.25) is 0 Å². The van der Waals surface area contributed by atoms with Crippen LogP contribution >= 0.6 is 0 Å². The first-order chi connectivity index (χ1) is 19.7. The lowest BCUT2D eigenvalue weighted by atomic mass is 10.0. The van der Waals surface area contributed by atoms with Gasteiger partial charge < -0.3 is 31.4 Å². The maximum Gasteiger partial charge on any atom is 0.673 e. The molecule has 0 fully saturated rings. The molecule has 7 nitrogen and oxygen atoms in total. The molecular weight excluding hydrogens is 553 g/mol. The van der Waals surface area contributed by atoms with Gasteiger partial charge in [-0.2, -0.15) is 0 Å². The van der Waals surface area contributed by atoms with Gasteiger partial charge in [0.05, 0.1) is 0 Å². The molecule has 0 amide bonds. The molecule has 9 heteroatoms. The Morgan fingerprint density at radius 2 is 0.707 bits per heavy atom. The van der Waals surface area contributed by atoms with Gasteiger partial charge in [0.25, 0.3) is 0 Å². The van der Waals surface area contributed by atoms with Crippen LogP contribution in [0, 0.1) is 23.7 Å². The molecule has 0 rings (SSSR count). The Hall–Kier alpha value is 0.154. The van der Waals surface area contributed by atoms with Crippen LogP contribution in [0.4, 0.5) is 0 Å². The molecule has 0 radical (unpaired) electrons. The normalized spacial score (nSPS) is 16.8. The van der Waals surface area contributed by atoms with Crippen molar-refractivity contribution in [3.63, 3.8) is 0 Å². The molecule has 0 aromatic rings. The first-order valence-corrected chi connectivity index (χ1v) is 20.7. The summed E-state index contributed by atoms with van der Waals surface area (Å²) in [5.41, 5.74) is 0. The van der Waals surface area contributed by atoms with Gasteiger partial charge in [0, 0.05) is 26.4 Å². The minimum absolute atomic E-state index is 0.246. The van der Waals surface area contributed by atoms with Crippen LogP contribution in [-0.2, 0) is 21.8 Å². The predicted molar refractivity (Wildman–Crippen MR) is 174 cm³/mol. The lowest BCUT2D eigenvalue weighted by molar-refractivity contribution is -0.0624. The molecule has 0 bridgehead atoms. The summed E-state index contributed by atoms with van der Waals surface area (Å²) in [6.07, 6.45) is 16.9. The SMILES string of the molecule is CCCCC(CC)CO[Si](O)(O)O[Si](OCC(CC)CCCC)(OCC(CC)CCCC)OCC(CC)CCCC. The Kier molecular flexibility index (Phi) is 25.6. The van der Waals surface area contributed by atoms with Crippen LogP contribution < -0.4 is 0 Å². The highest BCUT2D eigenvalue weighted by Gasteiger charge is 2.57. The number of hydrogen-bond acceptors (Lipinski definition) is 7. The smallest absolute Gasteiger partial charge is 0.368 e. The molecule has 0 aliphatic carbocycles.